The van der Waals surface area contributed by atoms with Gasteiger partial charge in [0.15, 0.2) is 11.6 Å². The van der Waals surface area contributed by atoms with Crippen molar-refractivity contribution in [1.82, 2.24) is 4.31 Å². The molecule has 3 rings (SSSR count). The number of halogens is 2. The van der Waals surface area contributed by atoms with E-state index in [9.17, 15) is 17.2 Å². The number of hydrogen-bond donors (Lipinski definition) is 0. The van der Waals surface area contributed by atoms with E-state index in [2.05, 4.69) is 0 Å². The first-order valence-corrected chi connectivity index (χ1v) is 9.98. The summed E-state index contributed by atoms with van der Waals surface area (Å²) >= 11 is 0. The Kier molecular flexibility index (Phi) is 5.58. The van der Waals surface area contributed by atoms with E-state index in [1.807, 2.05) is 12.1 Å². The van der Waals surface area contributed by atoms with Gasteiger partial charge in [-0.1, -0.05) is 25.0 Å². The predicted octanol–water partition coefficient (Wildman–Crippen LogP) is 4.28. The van der Waals surface area contributed by atoms with Crippen LogP contribution in [0.3, 0.4) is 0 Å². The SMILES string of the molecule is COc1ccc([C@H]2CCCCCN2S(=O)(=O)c2ccc(F)c(F)c2)cc1. The Morgan fingerprint density at radius 1 is 1.00 bits per heavy atom. The van der Waals surface area contributed by atoms with Crippen LogP contribution < -0.4 is 4.74 Å². The molecule has 1 atom stereocenters. The zero-order valence-corrected chi connectivity index (χ0v) is 15.3. The van der Waals surface area contributed by atoms with Crippen LogP contribution in [0.5, 0.6) is 5.75 Å². The van der Waals surface area contributed by atoms with Crippen molar-refractivity contribution < 1.29 is 21.9 Å². The van der Waals surface area contributed by atoms with Crippen LogP contribution in [0.1, 0.15) is 37.3 Å². The lowest BCUT2D eigenvalue weighted by Gasteiger charge is -2.29. The van der Waals surface area contributed by atoms with Gasteiger partial charge in [-0.05, 0) is 48.7 Å². The van der Waals surface area contributed by atoms with Gasteiger partial charge in [-0.15, -0.1) is 0 Å². The molecule has 0 aromatic heterocycles. The molecule has 2 aromatic carbocycles. The van der Waals surface area contributed by atoms with Crippen molar-refractivity contribution >= 4 is 10.0 Å². The lowest BCUT2D eigenvalue weighted by Crippen LogP contribution is -2.35. The van der Waals surface area contributed by atoms with E-state index in [1.165, 1.54) is 4.31 Å². The molecule has 0 saturated carbocycles. The normalized spacial score (nSPS) is 19.1. The molecule has 1 fully saturated rings. The molecule has 140 valence electrons. The van der Waals surface area contributed by atoms with Crippen LogP contribution in [-0.2, 0) is 10.0 Å². The number of nitrogens with zero attached hydrogens (tertiary/aromatic N) is 1. The van der Waals surface area contributed by atoms with Gasteiger partial charge in [0.2, 0.25) is 10.0 Å². The third-order valence-corrected chi connectivity index (χ3v) is 6.61. The summed E-state index contributed by atoms with van der Waals surface area (Å²) in [7, 11) is -2.37. The fraction of sp³-hybridized carbons (Fsp3) is 0.368. The fourth-order valence-electron chi connectivity index (χ4n) is 3.30. The first kappa shape index (κ1) is 18.8. The molecular weight excluding hydrogens is 360 g/mol. The molecule has 7 heteroatoms. The van der Waals surface area contributed by atoms with Gasteiger partial charge in [-0.25, -0.2) is 17.2 Å². The third kappa shape index (κ3) is 3.73. The van der Waals surface area contributed by atoms with E-state index < -0.39 is 21.7 Å². The highest BCUT2D eigenvalue weighted by atomic mass is 32.2. The van der Waals surface area contributed by atoms with Crippen LogP contribution >= 0.6 is 0 Å². The molecule has 0 bridgehead atoms. The maximum absolute atomic E-state index is 13.6. The minimum absolute atomic E-state index is 0.225. The molecule has 2 aromatic rings. The Hall–Kier alpha value is -1.99. The second-order valence-corrected chi connectivity index (χ2v) is 8.22. The summed E-state index contributed by atoms with van der Waals surface area (Å²) in [5.41, 5.74) is 0.860. The maximum atomic E-state index is 13.6. The smallest absolute Gasteiger partial charge is 0.243 e. The lowest BCUT2D eigenvalue weighted by molar-refractivity contribution is 0.328. The molecule has 1 aliphatic heterocycles. The topological polar surface area (TPSA) is 46.6 Å². The third-order valence-electron chi connectivity index (χ3n) is 4.70. The molecule has 0 amide bonds. The van der Waals surface area contributed by atoms with E-state index in [0.717, 1.165) is 43.0 Å². The van der Waals surface area contributed by atoms with Crippen LogP contribution in [0.2, 0.25) is 0 Å². The standard InChI is InChI=1S/C19H21F2NO3S/c1-25-15-8-6-14(7-9-15)19-5-3-2-4-12-22(19)26(23,24)16-10-11-17(20)18(21)13-16/h6-11,13,19H,2-5,12H2,1H3/t19-/m1/s1. The van der Waals surface area contributed by atoms with E-state index in [0.29, 0.717) is 18.7 Å². The second-order valence-electron chi connectivity index (χ2n) is 6.33. The molecule has 1 heterocycles. The molecule has 0 N–H and O–H groups in total. The first-order chi connectivity index (χ1) is 12.4. The highest BCUT2D eigenvalue weighted by Crippen LogP contribution is 2.35. The van der Waals surface area contributed by atoms with Crippen LogP contribution in [0.15, 0.2) is 47.4 Å². The largest absolute Gasteiger partial charge is 0.497 e. The van der Waals surface area contributed by atoms with Crippen molar-refractivity contribution in [3.8, 4) is 5.75 Å². The van der Waals surface area contributed by atoms with Gasteiger partial charge in [0, 0.05) is 6.54 Å². The van der Waals surface area contributed by atoms with Gasteiger partial charge in [0.1, 0.15) is 5.75 Å². The van der Waals surface area contributed by atoms with Crippen LogP contribution in [0.25, 0.3) is 0 Å². The van der Waals surface area contributed by atoms with Gasteiger partial charge in [-0.3, -0.25) is 0 Å². The predicted molar refractivity (Wildman–Crippen MR) is 94.5 cm³/mol. The monoisotopic (exact) mass is 381 g/mol. The number of ether oxygens (including phenoxy) is 1. The van der Waals surface area contributed by atoms with Gasteiger partial charge < -0.3 is 4.74 Å². The summed E-state index contributed by atoms with van der Waals surface area (Å²) in [6.45, 7) is 0.345. The van der Waals surface area contributed by atoms with E-state index in [-0.39, 0.29) is 10.9 Å². The Labute approximate surface area is 152 Å². The van der Waals surface area contributed by atoms with Crippen LogP contribution in [-0.4, -0.2) is 26.4 Å². The molecule has 0 radical (unpaired) electrons. The van der Waals surface area contributed by atoms with Gasteiger partial charge in [0.25, 0.3) is 0 Å². The zero-order chi connectivity index (χ0) is 18.7. The number of rotatable bonds is 4. The molecule has 0 aliphatic carbocycles. The van der Waals surface area contributed by atoms with Gasteiger partial charge in [0.05, 0.1) is 18.0 Å². The number of methoxy groups -OCH3 is 1. The van der Waals surface area contributed by atoms with E-state index in [4.69, 9.17) is 4.74 Å². The molecule has 0 unspecified atom stereocenters. The zero-order valence-electron chi connectivity index (χ0n) is 14.5. The minimum atomic E-state index is -3.94. The number of benzene rings is 2. The number of hydrogen-bond acceptors (Lipinski definition) is 3. The first-order valence-electron chi connectivity index (χ1n) is 8.54. The summed E-state index contributed by atoms with van der Waals surface area (Å²) in [5, 5.41) is 0. The van der Waals surface area contributed by atoms with Crippen molar-refractivity contribution in [2.45, 2.75) is 36.6 Å². The molecule has 4 nitrogen and oxygen atoms in total. The molecular formula is C19H21F2NO3S. The van der Waals surface area contributed by atoms with E-state index in [1.54, 1.807) is 19.2 Å². The maximum Gasteiger partial charge on any atom is 0.243 e. The van der Waals surface area contributed by atoms with Gasteiger partial charge >= 0.3 is 0 Å². The molecule has 1 aliphatic rings. The average molecular weight is 381 g/mol. The Bertz CT molecular complexity index is 869. The average Bonchev–Trinajstić information content (AvgIpc) is 2.90. The summed E-state index contributed by atoms with van der Waals surface area (Å²) in [6.07, 6.45) is 3.24. The summed E-state index contributed by atoms with van der Waals surface area (Å²) in [6, 6.07) is 9.66. The van der Waals surface area contributed by atoms with Crippen molar-refractivity contribution in [2.24, 2.45) is 0 Å². The number of sulfonamides is 1. The Morgan fingerprint density at radius 3 is 2.38 bits per heavy atom. The minimum Gasteiger partial charge on any atom is -0.497 e. The summed E-state index contributed by atoms with van der Waals surface area (Å²) in [4.78, 5) is -0.225. The van der Waals surface area contributed by atoms with Crippen LogP contribution in [0.4, 0.5) is 8.78 Å². The van der Waals surface area contributed by atoms with Crippen LogP contribution in [0, 0.1) is 11.6 Å². The van der Waals surface area contributed by atoms with E-state index >= 15 is 0 Å². The molecule has 0 spiro atoms. The van der Waals surface area contributed by atoms with Crippen molar-refractivity contribution in [1.29, 1.82) is 0 Å². The Morgan fingerprint density at radius 2 is 1.73 bits per heavy atom. The summed E-state index contributed by atoms with van der Waals surface area (Å²) < 4.78 is 59.6. The second kappa shape index (κ2) is 7.72. The van der Waals surface area contributed by atoms with Crippen molar-refractivity contribution in [3.05, 3.63) is 59.7 Å². The fourth-order valence-corrected chi connectivity index (χ4v) is 5.00. The van der Waals surface area contributed by atoms with Crippen molar-refractivity contribution in [3.63, 3.8) is 0 Å². The van der Waals surface area contributed by atoms with Crippen molar-refractivity contribution in [2.75, 3.05) is 13.7 Å². The highest BCUT2D eigenvalue weighted by Gasteiger charge is 2.33. The summed E-state index contributed by atoms with van der Waals surface area (Å²) in [5.74, 6) is -1.54. The molecule has 1 saturated heterocycles. The quantitative estimate of drug-likeness (QED) is 0.794. The Balaban J connectivity index is 2.00. The highest BCUT2D eigenvalue weighted by molar-refractivity contribution is 7.89. The lowest BCUT2D eigenvalue weighted by atomic mass is 10.0. The van der Waals surface area contributed by atoms with Gasteiger partial charge in [-0.2, -0.15) is 4.31 Å². The molecule has 26 heavy (non-hydrogen) atoms.